The van der Waals surface area contributed by atoms with Gasteiger partial charge in [-0.15, -0.1) is 0 Å². The van der Waals surface area contributed by atoms with E-state index < -0.39 is 5.54 Å². The van der Waals surface area contributed by atoms with Crippen LogP contribution >= 0.6 is 0 Å². The van der Waals surface area contributed by atoms with E-state index in [2.05, 4.69) is 48.5 Å². The fourth-order valence-electron chi connectivity index (χ4n) is 3.94. The molecule has 1 spiro atoms. The number of likely N-dealkylation sites (tertiary alicyclic amines) is 1. The van der Waals surface area contributed by atoms with E-state index in [0.717, 1.165) is 36.6 Å². The lowest BCUT2D eigenvalue weighted by Gasteiger charge is -2.47. The summed E-state index contributed by atoms with van der Waals surface area (Å²) in [7, 11) is 0. The van der Waals surface area contributed by atoms with E-state index in [1.54, 1.807) is 24.5 Å². The van der Waals surface area contributed by atoms with E-state index in [4.69, 9.17) is 4.99 Å². The minimum Gasteiger partial charge on any atom is -0.370 e. The number of hydrogen-bond acceptors (Lipinski definition) is 4. The monoisotopic (exact) mass is 377 g/mol. The van der Waals surface area contributed by atoms with Gasteiger partial charge in [0.15, 0.2) is 0 Å². The zero-order valence-corrected chi connectivity index (χ0v) is 16.7. The van der Waals surface area contributed by atoms with Crippen molar-refractivity contribution < 1.29 is 4.79 Å². The molecule has 2 aromatic rings. The smallest absolute Gasteiger partial charge is 0.254 e. The number of hydrogen-bond donors (Lipinski definition) is 2. The third-order valence-electron chi connectivity index (χ3n) is 5.16. The van der Waals surface area contributed by atoms with Gasteiger partial charge in [-0.2, -0.15) is 0 Å². The summed E-state index contributed by atoms with van der Waals surface area (Å²) in [5.74, 6) is 0.947. The number of aliphatic imine (C=N–C) groups is 1. The lowest BCUT2D eigenvalue weighted by molar-refractivity contribution is 0.0694. The topological polar surface area (TPSA) is 69.6 Å². The molecule has 1 unspecified atom stereocenters. The maximum Gasteiger partial charge on any atom is 0.254 e. The van der Waals surface area contributed by atoms with Crippen molar-refractivity contribution in [2.45, 2.75) is 44.7 Å². The number of benzene rings is 1. The summed E-state index contributed by atoms with van der Waals surface area (Å²) in [6, 6.07) is 11.7. The molecule has 6 nitrogen and oxygen atoms in total. The van der Waals surface area contributed by atoms with Crippen molar-refractivity contribution in [3.63, 3.8) is 0 Å². The molecule has 1 saturated heterocycles. The SMILES string of the molecule is CC(C)(C)N=C1Nc2ccccc2NC12CCCN(C(=O)c1ccncc1)C2. The van der Waals surface area contributed by atoms with Gasteiger partial charge >= 0.3 is 0 Å². The van der Waals surface area contributed by atoms with Crippen molar-refractivity contribution in [3.8, 4) is 0 Å². The van der Waals surface area contributed by atoms with Crippen LogP contribution in [0, 0.1) is 0 Å². The minimum atomic E-state index is -0.414. The summed E-state index contributed by atoms with van der Waals surface area (Å²) < 4.78 is 0. The van der Waals surface area contributed by atoms with Crippen molar-refractivity contribution >= 4 is 23.1 Å². The number of anilines is 2. The largest absolute Gasteiger partial charge is 0.370 e. The number of carbonyl (C=O) groups excluding carboxylic acids is 1. The molecule has 0 bridgehead atoms. The maximum absolute atomic E-state index is 13.1. The molecule has 1 amide bonds. The molecule has 1 fully saturated rings. The van der Waals surface area contributed by atoms with Crippen molar-refractivity contribution in [2.24, 2.45) is 4.99 Å². The molecule has 0 radical (unpaired) electrons. The summed E-state index contributed by atoms with van der Waals surface area (Å²) in [4.78, 5) is 24.0. The summed E-state index contributed by atoms with van der Waals surface area (Å²) in [6.45, 7) is 7.61. The van der Waals surface area contributed by atoms with Crippen LogP contribution in [-0.2, 0) is 0 Å². The third kappa shape index (κ3) is 3.59. The summed E-state index contributed by atoms with van der Waals surface area (Å²) in [5.41, 5.74) is 2.11. The molecule has 1 atom stereocenters. The highest BCUT2D eigenvalue weighted by molar-refractivity contribution is 6.10. The van der Waals surface area contributed by atoms with Crippen LogP contribution in [0.2, 0.25) is 0 Å². The average Bonchev–Trinajstić information content (AvgIpc) is 2.68. The molecule has 2 aliphatic rings. The van der Waals surface area contributed by atoms with Crippen molar-refractivity contribution in [3.05, 3.63) is 54.4 Å². The van der Waals surface area contributed by atoms with Crippen LogP contribution in [0.5, 0.6) is 0 Å². The van der Waals surface area contributed by atoms with Gasteiger partial charge in [0.25, 0.3) is 5.91 Å². The molecule has 2 aliphatic heterocycles. The summed E-state index contributed by atoms with van der Waals surface area (Å²) in [6.07, 6.45) is 5.16. The molecule has 6 heteroatoms. The molecule has 1 aromatic heterocycles. The van der Waals surface area contributed by atoms with E-state index in [1.807, 2.05) is 17.0 Å². The first-order valence-corrected chi connectivity index (χ1v) is 9.80. The van der Waals surface area contributed by atoms with Gasteiger partial charge in [-0.3, -0.25) is 14.8 Å². The number of para-hydroxylation sites is 2. The summed E-state index contributed by atoms with van der Waals surface area (Å²) >= 11 is 0. The Labute approximate surface area is 166 Å². The van der Waals surface area contributed by atoms with E-state index in [-0.39, 0.29) is 11.4 Å². The quantitative estimate of drug-likeness (QED) is 0.793. The number of rotatable bonds is 1. The highest BCUT2D eigenvalue weighted by Crippen LogP contribution is 2.37. The van der Waals surface area contributed by atoms with E-state index >= 15 is 0 Å². The Bertz CT molecular complexity index is 903. The number of nitrogens with one attached hydrogen (secondary N) is 2. The zero-order valence-electron chi connectivity index (χ0n) is 16.7. The lowest BCUT2D eigenvalue weighted by atomic mass is 9.84. The maximum atomic E-state index is 13.1. The van der Waals surface area contributed by atoms with Crippen LogP contribution in [0.25, 0.3) is 0 Å². The van der Waals surface area contributed by atoms with Gasteiger partial charge in [0, 0.05) is 24.5 Å². The Balaban J connectivity index is 1.70. The second kappa shape index (κ2) is 6.93. The molecular weight excluding hydrogens is 350 g/mol. The molecule has 28 heavy (non-hydrogen) atoms. The van der Waals surface area contributed by atoms with Gasteiger partial charge in [0.2, 0.25) is 0 Å². The van der Waals surface area contributed by atoms with Gasteiger partial charge in [0.1, 0.15) is 11.4 Å². The summed E-state index contributed by atoms with van der Waals surface area (Å²) in [5, 5.41) is 7.27. The van der Waals surface area contributed by atoms with E-state index in [0.29, 0.717) is 12.1 Å². The molecule has 0 saturated carbocycles. The van der Waals surface area contributed by atoms with Gasteiger partial charge in [0.05, 0.1) is 23.5 Å². The molecular formula is C22H27N5O. The van der Waals surface area contributed by atoms with E-state index in [9.17, 15) is 4.79 Å². The lowest BCUT2D eigenvalue weighted by Crippen LogP contribution is -2.63. The Morgan fingerprint density at radius 2 is 1.86 bits per heavy atom. The van der Waals surface area contributed by atoms with Gasteiger partial charge in [-0.05, 0) is 57.9 Å². The van der Waals surface area contributed by atoms with Crippen LogP contribution in [0.15, 0.2) is 53.8 Å². The predicted molar refractivity (Wildman–Crippen MR) is 113 cm³/mol. The van der Waals surface area contributed by atoms with Crippen LogP contribution in [0.1, 0.15) is 44.0 Å². The van der Waals surface area contributed by atoms with Gasteiger partial charge < -0.3 is 15.5 Å². The number of carbonyl (C=O) groups is 1. The Morgan fingerprint density at radius 3 is 2.57 bits per heavy atom. The second-order valence-electron chi connectivity index (χ2n) is 8.58. The highest BCUT2D eigenvalue weighted by Gasteiger charge is 2.45. The second-order valence-corrected chi connectivity index (χ2v) is 8.58. The normalized spacial score (nSPS) is 23.1. The molecule has 146 valence electrons. The number of fused-ring (bicyclic) bond motifs is 1. The Hall–Kier alpha value is -2.89. The number of pyridine rings is 1. The standard InChI is InChI=1S/C22H27N5O/c1-21(2,3)26-20-22(25-18-8-5-4-7-17(18)24-20)11-6-14-27(15-22)19(28)16-9-12-23-13-10-16/h4-5,7-10,12-13,25H,6,11,14-15H2,1-3H3,(H,24,26). The van der Waals surface area contributed by atoms with E-state index in [1.165, 1.54) is 0 Å². The van der Waals surface area contributed by atoms with Gasteiger partial charge in [-0.1, -0.05) is 12.1 Å². The number of nitrogens with zero attached hydrogens (tertiary/aromatic N) is 3. The number of amidine groups is 1. The first kappa shape index (κ1) is 18.5. The number of piperidine rings is 1. The molecule has 3 heterocycles. The first-order chi connectivity index (χ1) is 13.4. The molecule has 2 N–H and O–H groups in total. The Morgan fingerprint density at radius 1 is 1.14 bits per heavy atom. The third-order valence-corrected chi connectivity index (χ3v) is 5.16. The molecule has 1 aromatic carbocycles. The highest BCUT2D eigenvalue weighted by atomic mass is 16.2. The van der Waals surface area contributed by atoms with Gasteiger partial charge in [-0.25, -0.2) is 0 Å². The van der Waals surface area contributed by atoms with Crippen molar-refractivity contribution in [1.82, 2.24) is 9.88 Å². The number of aromatic nitrogens is 1. The zero-order chi connectivity index (χ0) is 19.8. The van der Waals surface area contributed by atoms with Crippen LogP contribution in [0.3, 0.4) is 0 Å². The molecule has 4 rings (SSSR count). The van der Waals surface area contributed by atoms with Crippen LogP contribution in [0.4, 0.5) is 11.4 Å². The van der Waals surface area contributed by atoms with Crippen molar-refractivity contribution in [2.75, 3.05) is 23.7 Å². The first-order valence-electron chi connectivity index (χ1n) is 9.80. The van der Waals surface area contributed by atoms with Crippen LogP contribution < -0.4 is 10.6 Å². The average molecular weight is 377 g/mol. The van der Waals surface area contributed by atoms with Crippen LogP contribution in [-0.4, -0.2) is 45.8 Å². The fourth-order valence-corrected chi connectivity index (χ4v) is 3.94. The predicted octanol–water partition coefficient (Wildman–Crippen LogP) is 3.79. The minimum absolute atomic E-state index is 0.0391. The Kier molecular flexibility index (Phi) is 4.57. The number of amides is 1. The molecule has 0 aliphatic carbocycles. The fraction of sp³-hybridized carbons (Fsp3) is 0.409. The van der Waals surface area contributed by atoms with Crippen molar-refractivity contribution in [1.29, 1.82) is 0 Å².